The fourth-order valence-corrected chi connectivity index (χ4v) is 2.62. The predicted octanol–water partition coefficient (Wildman–Crippen LogP) is 1.11. The lowest BCUT2D eigenvalue weighted by Gasteiger charge is -2.43. The van der Waals surface area contributed by atoms with Crippen LogP contribution in [0.2, 0.25) is 0 Å². The Morgan fingerprint density at radius 1 is 1.54 bits per heavy atom. The second-order valence-electron chi connectivity index (χ2n) is 4.13. The number of hydrogen-bond acceptors (Lipinski definition) is 3. The minimum Gasteiger partial charge on any atom is -0.468 e. The molecule has 1 saturated carbocycles. The Bertz CT molecular complexity index is 224. The van der Waals surface area contributed by atoms with Crippen molar-refractivity contribution in [3.05, 3.63) is 0 Å². The van der Waals surface area contributed by atoms with E-state index in [9.17, 15) is 4.79 Å². The number of fused-ring (bicyclic) bond motifs is 1. The van der Waals surface area contributed by atoms with Gasteiger partial charge in [-0.05, 0) is 24.7 Å². The van der Waals surface area contributed by atoms with E-state index in [1.165, 1.54) is 13.5 Å². The summed E-state index contributed by atoms with van der Waals surface area (Å²) < 4.78 is 4.76. The van der Waals surface area contributed by atoms with Gasteiger partial charge in [0.1, 0.15) is 5.54 Å². The van der Waals surface area contributed by atoms with Crippen LogP contribution in [0, 0.1) is 5.41 Å². The molecule has 1 aliphatic carbocycles. The summed E-state index contributed by atoms with van der Waals surface area (Å²) in [4.78, 5) is 11.3. The summed E-state index contributed by atoms with van der Waals surface area (Å²) in [5.74, 6) is -0.0796. The van der Waals surface area contributed by atoms with Crippen molar-refractivity contribution in [3.63, 3.8) is 0 Å². The zero-order chi connectivity index (χ0) is 8.82. The first-order chi connectivity index (χ1) is 5.66. The molecule has 0 aromatic carbocycles. The molecule has 0 atom stereocenters. The Labute approximate surface area is 84.6 Å². The normalized spacial score (nSPS) is 40.5. The SMILES string of the molecule is CCC12CNC(C(=O)OC)(C1)C2.Cl. The van der Waals surface area contributed by atoms with Crippen LogP contribution in [-0.2, 0) is 9.53 Å². The highest BCUT2D eigenvalue weighted by Gasteiger charge is 2.64. The van der Waals surface area contributed by atoms with Crippen LogP contribution in [-0.4, -0.2) is 25.2 Å². The fraction of sp³-hybridized carbons (Fsp3) is 0.889. The van der Waals surface area contributed by atoms with Gasteiger partial charge in [0.2, 0.25) is 0 Å². The molecule has 3 fully saturated rings. The fourth-order valence-electron chi connectivity index (χ4n) is 2.62. The van der Waals surface area contributed by atoms with E-state index in [-0.39, 0.29) is 23.9 Å². The van der Waals surface area contributed by atoms with Gasteiger partial charge < -0.3 is 10.1 Å². The maximum absolute atomic E-state index is 11.3. The van der Waals surface area contributed by atoms with Crippen molar-refractivity contribution in [2.45, 2.75) is 31.7 Å². The monoisotopic (exact) mass is 205 g/mol. The molecule has 0 spiro atoms. The lowest BCUT2D eigenvalue weighted by Crippen LogP contribution is -2.54. The molecule has 3 nitrogen and oxygen atoms in total. The van der Waals surface area contributed by atoms with E-state index in [0.29, 0.717) is 5.41 Å². The third-order valence-corrected chi connectivity index (χ3v) is 3.48. The second-order valence-corrected chi connectivity index (χ2v) is 4.13. The van der Waals surface area contributed by atoms with Crippen LogP contribution in [0.15, 0.2) is 0 Å². The summed E-state index contributed by atoms with van der Waals surface area (Å²) in [7, 11) is 1.46. The van der Waals surface area contributed by atoms with Gasteiger partial charge in [-0.2, -0.15) is 0 Å². The highest BCUT2D eigenvalue weighted by atomic mass is 35.5. The summed E-state index contributed by atoms with van der Waals surface area (Å²) in [5, 5.41) is 3.27. The van der Waals surface area contributed by atoms with Gasteiger partial charge in [-0.15, -0.1) is 12.4 Å². The van der Waals surface area contributed by atoms with Crippen LogP contribution in [0.1, 0.15) is 26.2 Å². The highest BCUT2D eigenvalue weighted by molar-refractivity contribution is 5.85. The van der Waals surface area contributed by atoms with Gasteiger partial charge in [0, 0.05) is 6.54 Å². The molecular weight excluding hydrogens is 190 g/mol. The van der Waals surface area contributed by atoms with Crippen LogP contribution in [0.5, 0.6) is 0 Å². The van der Waals surface area contributed by atoms with Gasteiger partial charge in [0.25, 0.3) is 0 Å². The quantitative estimate of drug-likeness (QED) is 0.687. The second kappa shape index (κ2) is 3.14. The molecule has 0 radical (unpaired) electrons. The van der Waals surface area contributed by atoms with Crippen LogP contribution in [0.25, 0.3) is 0 Å². The molecule has 2 bridgehead atoms. The summed E-state index contributed by atoms with van der Waals surface area (Å²) in [5.41, 5.74) is 0.110. The van der Waals surface area contributed by atoms with Crippen molar-refractivity contribution in [2.24, 2.45) is 5.41 Å². The van der Waals surface area contributed by atoms with Gasteiger partial charge in [0.15, 0.2) is 0 Å². The highest BCUT2D eigenvalue weighted by Crippen LogP contribution is 2.56. The van der Waals surface area contributed by atoms with Crippen LogP contribution in [0.4, 0.5) is 0 Å². The molecule has 2 saturated heterocycles. The predicted molar refractivity (Wildman–Crippen MR) is 52.0 cm³/mol. The van der Waals surface area contributed by atoms with Gasteiger partial charge in [0.05, 0.1) is 7.11 Å². The molecule has 13 heavy (non-hydrogen) atoms. The molecule has 1 N–H and O–H groups in total. The average Bonchev–Trinajstić information content (AvgIpc) is 2.57. The number of carbonyl (C=O) groups is 1. The lowest BCUT2D eigenvalue weighted by molar-refractivity contribution is -0.153. The number of halogens is 1. The molecule has 3 aliphatic rings. The van der Waals surface area contributed by atoms with E-state index < -0.39 is 0 Å². The third kappa shape index (κ3) is 1.25. The third-order valence-electron chi connectivity index (χ3n) is 3.48. The lowest BCUT2D eigenvalue weighted by atomic mass is 9.61. The number of esters is 1. The smallest absolute Gasteiger partial charge is 0.326 e. The summed E-state index contributed by atoms with van der Waals surface area (Å²) in [6.45, 7) is 3.17. The van der Waals surface area contributed by atoms with E-state index in [0.717, 1.165) is 19.4 Å². The van der Waals surface area contributed by atoms with Crippen LogP contribution >= 0.6 is 12.4 Å². The number of ether oxygens (including phenoxy) is 1. The first-order valence-electron chi connectivity index (χ1n) is 4.50. The van der Waals surface area contributed by atoms with Crippen LogP contribution in [0.3, 0.4) is 0 Å². The molecule has 0 unspecified atom stereocenters. The molecule has 0 aromatic rings. The van der Waals surface area contributed by atoms with E-state index >= 15 is 0 Å². The van der Waals surface area contributed by atoms with E-state index in [1.807, 2.05) is 0 Å². The van der Waals surface area contributed by atoms with Gasteiger partial charge in [-0.1, -0.05) is 6.92 Å². The summed E-state index contributed by atoms with van der Waals surface area (Å²) in [6.07, 6.45) is 3.12. The van der Waals surface area contributed by atoms with E-state index in [1.54, 1.807) is 0 Å². The van der Waals surface area contributed by atoms with Crippen LogP contribution < -0.4 is 5.32 Å². The number of nitrogens with one attached hydrogen (secondary N) is 1. The summed E-state index contributed by atoms with van der Waals surface area (Å²) in [6, 6.07) is 0. The molecule has 3 rings (SSSR count). The summed E-state index contributed by atoms with van der Waals surface area (Å²) >= 11 is 0. The van der Waals surface area contributed by atoms with Gasteiger partial charge >= 0.3 is 5.97 Å². The topological polar surface area (TPSA) is 38.3 Å². The standard InChI is InChI=1S/C9H15NO2.ClH/c1-3-8-4-9(5-8,10-6-8)7(11)12-2;/h10H,3-6H2,1-2H3;1H. The Kier molecular flexibility index (Phi) is 2.61. The Morgan fingerprint density at radius 3 is 2.54 bits per heavy atom. The molecule has 2 aliphatic heterocycles. The van der Waals surface area contributed by atoms with Gasteiger partial charge in [-0.3, -0.25) is 4.79 Å². The van der Waals surface area contributed by atoms with Gasteiger partial charge in [-0.25, -0.2) is 0 Å². The zero-order valence-electron chi connectivity index (χ0n) is 8.05. The van der Waals surface area contributed by atoms with Crippen molar-refractivity contribution < 1.29 is 9.53 Å². The minimum absolute atomic E-state index is 0. The number of carbonyl (C=O) groups excluding carboxylic acids is 1. The van der Waals surface area contributed by atoms with Crippen molar-refractivity contribution in [1.29, 1.82) is 0 Å². The molecule has 2 heterocycles. The largest absolute Gasteiger partial charge is 0.468 e. The number of hydrogen-bond donors (Lipinski definition) is 1. The zero-order valence-corrected chi connectivity index (χ0v) is 8.87. The van der Waals surface area contributed by atoms with Crippen molar-refractivity contribution in [3.8, 4) is 0 Å². The van der Waals surface area contributed by atoms with E-state index in [2.05, 4.69) is 12.2 Å². The first kappa shape index (κ1) is 10.8. The Morgan fingerprint density at radius 2 is 2.15 bits per heavy atom. The number of methoxy groups -OCH3 is 1. The molecule has 0 amide bonds. The molecule has 4 heteroatoms. The van der Waals surface area contributed by atoms with E-state index in [4.69, 9.17) is 4.74 Å². The maximum atomic E-state index is 11.3. The average molecular weight is 206 g/mol. The molecule has 0 aromatic heterocycles. The minimum atomic E-state index is -0.301. The first-order valence-corrected chi connectivity index (χ1v) is 4.50. The number of rotatable bonds is 2. The van der Waals surface area contributed by atoms with Crippen molar-refractivity contribution in [1.82, 2.24) is 5.32 Å². The molecular formula is C9H16ClNO2. The van der Waals surface area contributed by atoms with Crippen molar-refractivity contribution in [2.75, 3.05) is 13.7 Å². The van der Waals surface area contributed by atoms with Crippen molar-refractivity contribution >= 4 is 18.4 Å². The Hall–Kier alpha value is -0.280. The Balaban J connectivity index is 0.000000845. The maximum Gasteiger partial charge on any atom is 0.326 e. The molecule has 76 valence electrons.